The fourth-order valence-electron chi connectivity index (χ4n) is 2.59. The number of aryl methyl sites for hydroxylation is 2. The maximum atomic E-state index is 6.13. The van der Waals surface area contributed by atoms with Crippen molar-refractivity contribution in [2.75, 3.05) is 0 Å². The Morgan fingerprint density at radius 1 is 1.09 bits per heavy atom. The maximum absolute atomic E-state index is 6.13. The largest absolute Gasteiger partial charge is 0.289 e. The van der Waals surface area contributed by atoms with Gasteiger partial charge < -0.3 is 0 Å². The molecular weight excluding hydrogens is 337 g/mol. The molecule has 0 radical (unpaired) electrons. The number of nitrogens with zero attached hydrogens (tertiary/aromatic N) is 3. The lowest BCUT2D eigenvalue weighted by molar-refractivity contribution is 1.22. The van der Waals surface area contributed by atoms with E-state index in [1.54, 1.807) is 17.4 Å². The molecule has 0 N–H and O–H groups in total. The Kier molecular flexibility index (Phi) is 3.15. The van der Waals surface area contributed by atoms with Gasteiger partial charge in [0.1, 0.15) is 0 Å². The summed E-state index contributed by atoms with van der Waals surface area (Å²) in [7, 11) is 0. The van der Waals surface area contributed by atoms with Crippen molar-refractivity contribution in [2.24, 2.45) is 0 Å². The first kappa shape index (κ1) is 14.0. The number of hydrogen-bond donors (Lipinski definition) is 0. The van der Waals surface area contributed by atoms with Crippen molar-refractivity contribution in [3.63, 3.8) is 0 Å². The van der Waals surface area contributed by atoms with E-state index in [0.29, 0.717) is 10.0 Å². The smallest absolute Gasteiger partial charge is 0.195 e. The Hall–Kier alpha value is -1.62. The normalized spacial score (nSPS) is 11.6. The van der Waals surface area contributed by atoms with Crippen LogP contribution in [0.25, 0.3) is 26.6 Å². The molecule has 22 heavy (non-hydrogen) atoms. The van der Waals surface area contributed by atoms with Gasteiger partial charge in [0.2, 0.25) is 0 Å². The molecule has 3 nitrogen and oxygen atoms in total. The Bertz CT molecular complexity index is 1030. The lowest BCUT2D eigenvalue weighted by atomic mass is 10.1. The molecule has 0 unspecified atom stereocenters. The van der Waals surface area contributed by atoms with Gasteiger partial charge in [-0.15, -0.1) is 0 Å². The molecule has 0 aliphatic carbocycles. The first-order chi connectivity index (χ1) is 10.5. The van der Waals surface area contributed by atoms with Crippen LogP contribution in [0.1, 0.15) is 11.1 Å². The minimum Gasteiger partial charge on any atom is -0.289 e. The fraction of sp³-hybridized carbons (Fsp3) is 0.125. The summed E-state index contributed by atoms with van der Waals surface area (Å²) in [5.41, 5.74) is 5.12. The molecule has 0 amide bonds. The summed E-state index contributed by atoms with van der Waals surface area (Å²) in [6.07, 6.45) is 3.95. The predicted octanol–water partition coefficient (Wildman–Crippen LogP) is 5.53. The summed E-state index contributed by atoms with van der Waals surface area (Å²) in [6, 6.07) is 5.79. The average Bonchev–Trinajstić information content (AvgIpc) is 2.98. The highest BCUT2D eigenvalue weighted by Crippen LogP contribution is 2.34. The molecule has 0 aliphatic heterocycles. The van der Waals surface area contributed by atoms with Gasteiger partial charge >= 0.3 is 0 Å². The molecule has 0 bridgehead atoms. The molecule has 3 heterocycles. The molecular formula is C16H11Cl2N3S. The van der Waals surface area contributed by atoms with Gasteiger partial charge in [-0.25, -0.2) is 4.98 Å². The van der Waals surface area contributed by atoms with Gasteiger partial charge in [-0.1, -0.05) is 40.6 Å². The van der Waals surface area contributed by atoms with Gasteiger partial charge in [0, 0.05) is 12.4 Å². The zero-order chi connectivity index (χ0) is 15.4. The predicted molar refractivity (Wildman–Crippen MR) is 93.3 cm³/mol. The number of benzene rings is 1. The SMILES string of the molecule is Cc1cnc(-c2cn3c(nc4cc(Cl)c(Cl)cc43)s2)c(C)c1. The first-order valence-electron chi connectivity index (χ1n) is 6.73. The third kappa shape index (κ3) is 2.10. The van der Waals surface area contributed by atoms with Crippen LogP contribution < -0.4 is 0 Å². The zero-order valence-electron chi connectivity index (χ0n) is 11.9. The molecule has 6 heteroatoms. The highest BCUT2D eigenvalue weighted by molar-refractivity contribution is 7.20. The number of hydrogen-bond acceptors (Lipinski definition) is 3. The van der Waals surface area contributed by atoms with Gasteiger partial charge in [-0.3, -0.25) is 9.38 Å². The van der Waals surface area contributed by atoms with Crippen molar-refractivity contribution < 1.29 is 0 Å². The van der Waals surface area contributed by atoms with Crippen LogP contribution >= 0.6 is 34.5 Å². The molecule has 0 aliphatic rings. The maximum Gasteiger partial charge on any atom is 0.195 e. The Morgan fingerprint density at radius 3 is 2.64 bits per heavy atom. The molecule has 0 saturated heterocycles. The number of halogens is 2. The minimum absolute atomic E-state index is 0.524. The Labute approximate surface area is 141 Å². The van der Waals surface area contributed by atoms with Crippen molar-refractivity contribution in [1.82, 2.24) is 14.4 Å². The quantitative estimate of drug-likeness (QED) is 0.452. The second-order valence-electron chi connectivity index (χ2n) is 5.29. The number of thiazole rings is 1. The van der Waals surface area contributed by atoms with Crippen LogP contribution in [0.3, 0.4) is 0 Å². The second-order valence-corrected chi connectivity index (χ2v) is 7.12. The van der Waals surface area contributed by atoms with Crippen molar-refractivity contribution in [3.8, 4) is 10.6 Å². The van der Waals surface area contributed by atoms with E-state index in [1.807, 2.05) is 23.6 Å². The van der Waals surface area contributed by atoms with E-state index < -0.39 is 0 Å². The van der Waals surface area contributed by atoms with E-state index in [9.17, 15) is 0 Å². The molecule has 110 valence electrons. The van der Waals surface area contributed by atoms with Crippen LogP contribution in [0.2, 0.25) is 10.0 Å². The lowest BCUT2D eigenvalue weighted by Gasteiger charge is -2.02. The summed E-state index contributed by atoms with van der Waals surface area (Å²) >= 11 is 13.8. The number of imidazole rings is 1. The second kappa shape index (κ2) is 4.95. The minimum atomic E-state index is 0.524. The summed E-state index contributed by atoms with van der Waals surface area (Å²) < 4.78 is 2.04. The average molecular weight is 348 g/mol. The molecule has 0 atom stereocenters. The highest BCUT2D eigenvalue weighted by atomic mass is 35.5. The standard InChI is InChI=1S/C16H11Cl2N3S/c1-8-3-9(2)15(19-6-8)14-7-21-13-5-11(18)10(17)4-12(13)20-16(21)22-14/h3-7H,1-2H3. The van der Waals surface area contributed by atoms with E-state index in [0.717, 1.165) is 37.7 Å². The van der Waals surface area contributed by atoms with Gasteiger partial charge in [-0.05, 0) is 37.1 Å². The van der Waals surface area contributed by atoms with Crippen molar-refractivity contribution in [2.45, 2.75) is 13.8 Å². The number of rotatable bonds is 1. The van der Waals surface area contributed by atoms with Gasteiger partial charge in [0.05, 0.1) is 31.6 Å². The summed E-state index contributed by atoms with van der Waals surface area (Å²) in [6.45, 7) is 4.12. The molecule has 0 spiro atoms. The first-order valence-corrected chi connectivity index (χ1v) is 8.30. The highest BCUT2D eigenvalue weighted by Gasteiger charge is 2.14. The Balaban J connectivity index is 1.96. The third-order valence-electron chi connectivity index (χ3n) is 3.60. The molecule has 4 rings (SSSR count). The van der Waals surface area contributed by atoms with Crippen molar-refractivity contribution >= 4 is 50.5 Å². The third-order valence-corrected chi connectivity index (χ3v) is 5.31. The van der Waals surface area contributed by atoms with Gasteiger partial charge in [0.15, 0.2) is 4.96 Å². The van der Waals surface area contributed by atoms with Crippen LogP contribution in [0, 0.1) is 13.8 Å². The van der Waals surface area contributed by atoms with E-state index in [4.69, 9.17) is 23.2 Å². The van der Waals surface area contributed by atoms with Crippen molar-refractivity contribution in [1.29, 1.82) is 0 Å². The summed E-state index contributed by atoms with van der Waals surface area (Å²) in [5, 5.41) is 1.06. The molecule has 0 fully saturated rings. The van der Waals surface area contributed by atoms with E-state index >= 15 is 0 Å². The molecule has 3 aromatic heterocycles. The van der Waals surface area contributed by atoms with Crippen molar-refractivity contribution in [3.05, 3.63) is 51.8 Å². The van der Waals surface area contributed by atoms with E-state index in [2.05, 4.69) is 29.2 Å². The molecule has 4 aromatic rings. The van der Waals surface area contributed by atoms with Crippen LogP contribution in [0.15, 0.2) is 30.6 Å². The fourth-order valence-corrected chi connectivity index (χ4v) is 3.96. The van der Waals surface area contributed by atoms with E-state index in [1.165, 1.54) is 0 Å². The summed E-state index contributed by atoms with van der Waals surface area (Å²) in [5.74, 6) is 0. The zero-order valence-corrected chi connectivity index (χ0v) is 14.2. The monoisotopic (exact) mass is 347 g/mol. The molecule has 0 saturated carbocycles. The topological polar surface area (TPSA) is 30.2 Å². The summed E-state index contributed by atoms with van der Waals surface area (Å²) in [4.78, 5) is 11.2. The van der Waals surface area contributed by atoms with Gasteiger partial charge in [-0.2, -0.15) is 0 Å². The van der Waals surface area contributed by atoms with Gasteiger partial charge in [0.25, 0.3) is 0 Å². The number of aromatic nitrogens is 3. The molecule has 1 aromatic carbocycles. The van der Waals surface area contributed by atoms with Crippen LogP contribution in [-0.4, -0.2) is 14.4 Å². The van der Waals surface area contributed by atoms with E-state index in [-0.39, 0.29) is 0 Å². The Morgan fingerprint density at radius 2 is 1.86 bits per heavy atom. The van der Waals surface area contributed by atoms with Crippen LogP contribution in [0.5, 0.6) is 0 Å². The number of fused-ring (bicyclic) bond motifs is 3. The van der Waals surface area contributed by atoms with Crippen LogP contribution in [-0.2, 0) is 0 Å². The van der Waals surface area contributed by atoms with Crippen LogP contribution in [0.4, 0.5) is 0 Å². The lowest BCUT2D eigenvalue weighted by Crippen LogP contribution is -1.87. The number of pyridine rings is 1.